The number of hydrogen-bond acceptors (Lipinski definition) is 1. The van der Waals surface area contributed by atoms with Gasteiger partial charge in [-0.25, -0.2) is 0 Å². The van der Waals surface area contributed by atoms with Crippen LogP contribution in [-0.4, -0.2) is 0 Å². The zero-order chi connectivity index (χ0) is 9.26. The Balaban J connectivity index is 2.47. The lowest BCUT2D eigenvalue weighted by Crippen LogP contribution is -1.75. The third-order valence-corrected chi connectivity index (χ3v) is 2.43. The Morgan fingerprint density at radius 3 is 2.31 bits per heavy atom. The largest absolute Gasteiger partial charge is 0.472 e. The summed E-state index contributed by atoms with van der Waals surface area (Å²) in [4.78, 5) is 0. The monoisotopic (exact) mass is 235 g/mol. The summed E-state index contributed by atoms with van der Waals surface area (Å²) in [5, 5.41) is 0. The average Bonchev–Trinajstić information content (AvgIpc) is 2.53. The highest BCUT2D eigenvalue weighted by Crippen LogP contribution is 2.25. The molecule has 2 rings (SSSR count). The Hall–Kier alpha value is -1.02. The minimum atomic E-state index is 0.919. The van der Waals surface area contributed by atoms with Crippen molar-refractivity contribution >= 4 is 15.9 Å². The molecule has 0 atom stereocenters. The highest BCUT2D eigenvalue weighted by atomic mass is 79.9. The van der Waals surface area contributed by atoms with Crippen LogP contribution >= 0.6 is 15.9 Å². The first kappa shape index (κ1) is 8.57. The van der Waals surface area contributed by atoms with Crippen LogP contribution in [0.25, 0.3) is 11.1 Å². The summed E-state index contributed by atoms with van der Waals surface area (Å²) in [6.07, 6.45) is 3.36. The Morgan fingerprint density at radius 1 is 1.08 bits per heavy atom. The minimum Gasteiger partial charge on any atom is -0.472 e. The van der Waals surface area contributed by atoms with Gasteiger partial charge in [0, 0.05) is 10.0 Å². The highest BCUT2D eigenvalue weighted by Gasteiger charge is 2.02. The van der Waals surface area contributed by atoms with E-state index in [0.29, 0.717) is 0 Å². The standard InChI is InChI=1S/C11H8BrO/c1-8-6-13-7-11(8)9-2-4-10(12)5-3-9/h2-7H,1H2. The van der Waals surface area contributed by atoms with Crippen molar-refractivity contribution in [2.24, 2.45) is 0 Å². The van der Waals surface area contributed by atoms with Gasteiger partial charge < -0.3 is 4.42 Å². The van der Waals surface area contributed by atoms with Gasteiger partial charge in [-0.2, -0.15) is 0 Å². The van der Waals surface area contributed by atoms with E-state index in [2.05, 4.69) is 22.9 Å². The second-order valence-corrected chi connectivity index (χ2v) is 3.73. The van der Waals surface area contributed by atoms with Crippen molar-refractivity contribution in [2.45, 2.75) is 0 Å². The fourth-order valence-corrected chi connectivity index (χ4v) is 1.47. The van der Waals surface area contributed by atoms with Crippen LogP contribution < -0.4 is 0 Å². The fourth-order valence-electron chi connectivity index (χ4n) is 1.21. The second-order valence-electron chi connectivity index (χ2n) is 2.82. The van der Waals surface area contributed by atoms with E-state index in [0.717, 1.165) is 21.2 Å². The predicted molar refractivity (Wildman–Crippen MR) is 56.3 cm³/mol. The van der Waals surface area contributed by atoms with Gasteiger partial charge in [0.1, 0.15) is 0 Å². The van der Waals surface area contributed by atoms with E-state index in [1.807, 2.05) is 24.3 Å². The van der Waals surface area contributed by atoms with Crippen LogP contribution in [0.2, 0.25) is 0 Å². The molecule has 0 unspecified atom stereocenters. The highest BCUT2D eigenvalue weighted by molar-refractivity contribution is 9.10. The molecule has 1 nitrogen and oxygen atoms in total. The molecule has 0 fully saturated rings. The molecule has 65 valence electrons. The topological polar surface area (TPSA) is 13.1 Å². The number of hydrogen-bond donors (Lipinski definition) is 0. The van der Waals surface area contributed by atoms with E-state index in [9.17, 15) is 0 Å². The number of benzene rings is 1. The first-order valence-corrected chi connectivity index (χ1v) is 4.71. The van der Waals surface area contributed by atoms with Crippen LogP contribution in [0.1, 0.15) is 5.56 Å². The Kier molecular flexibility index (Phi) is 2.23. The number of rotatable bonds is 1. The Bertz CT molecular complexity index is 400. The van der Waals surface area contributed by atoms with Gasteiger partial charge in [0.2, 0.25) is 0 Å². The van der Waals surface area contributed by atoms with Crippen molar-refractivity contribution in [1.29, 1.82) is 0 Å². The predicted octanol–water partition coefficient (Wildman–Crippen LogP) is 3.89. The average molecular weight is 236 g/mol. The quantitative estimate of drug-likeness (QED) is 0.731. The van der Waals surface area contributed by atoms with Gasteiger partial charge in [-0.1, -0.05) is 28.1 Å². The van der Waals surface area contributed by atoms with Gasteiger partial charge in [-0.05, 0) is 30.2 Å². The van der Waals surface area contributed by atoms with E-state index < -0.39 is 0 Å². The van der Waals surface area contributed by atoms with Crippen molar-refractivity contribution < 1.29 is 4.42 Å². The van der Waals surface area contributed by atoms with Crippen LogP contribution in [0.15, 0.2) is 45.7 Å². The fraction of sp³-hybridized carbons (Fsp3) is 0. The molecular formula is C11H8BrO. The third kappa shape index (κ3) is 1.68. The van der Waals surface area contributed by atoms with Gasteiger partial charge in [0.25, 0.3) is 0 Å². The summed E-state index contributed by atoms with van der Waals surface area (Å²) in [6.45, 7) is 3.87. The molecule has 0 bridgehead atoms. The zero-order valence-electron chi connectivity index (χ0n) is 6.96. The van der Waals surface area contributed by atoms with Crippen LogP contribution in [0.3, 0.4) is 0 Å². The number of halogens is 1. The molecule has 1 aromatic heterocycles. The first-order valence-electron chi connectivity index (χ1n) is 3.91. The molecule has 0 aliphatic rings. The first-order chi connectivity index (χ1) is 6.27. The summed E-state index contributed by atoms with van der Waals surface area (Å²) in [5.74, 6) is 0. The zero-order valence-corrected chi connectivity index (χ0v) is 8.54. The van der Waals surface area contributed by atoms with Crippen molar-refractivity contribution in [3.8, 4) is 11.1 Å². The number of furan rings is 1. The van der Waals surface area contributed by atoms with Gasteiger partial charge in [-0.3, -0.25) is 0 Å². The summed E-state index contributed by atoms with van der Waals surface area (Å²) in [5.41, 5.74) is 3.09. The molecule has 1 radical (unpaired) electrons. The summed E-state index contributed by atoms with van der Waals surface area (Å²) in [6, 6.07) is 8.07. The van der Waals surface area contributed by atoms with Crippen LogP contribution in [-0.2, 0) is 0 Å². The van der Waals surface area contributed by atoms with Crippen molar-refractivity contribution in [3.05, 3.63) is 53.8 Å². The second kappa shape index (κ2) is 3.38. The van der Waals surface area contributed by atoms with Crippen LogP contribution in [0, 0.1) is 6.92 Å². The molecule has 13 heavy (non-hydrogen) atoms. The normalized spacial score (nSPS) is 10.3. The van der Waals surface area contributed by atoms with E-state index in [1.165, 1.54) is 0 Å². The minimum absolute atomic E-state index is 0.919. The molecule has 0 N–H and O–H groups in total. The van der Waals surface area contributed by atoms with Gasteiger partial charge >= 0.3 is 0 Å². The lowest BCUT2D eigenvalue weighted by atomic mass is 10.1. The molecule has 2 aromatic rings. The molecule has 0 saturated carbocycles. The maximum Gasteiger partial charge on any atom is 0.0983 e. The maximum absolute atomic E-state index is 5.06. The van der Waals surface area contributed by atoms with Crippen molar-refractivity contribution in [1.82, 2.24) is 0 Å². The third-order valence-electron chi connectivity index (χ3n) is 1.90. The molecular weight excluding hydrogens is 228 g/mol. The Labute approximate surface area is 85.5 Å². The molecule has 2 heteroatoms. The molecule has 1 heterocycles. The van der Waals surface area contributed by atoms with E-state index in [1.54, 1.807) is 12.5 Å². The van der Waals surface area contributed by atoms with Crippen molar-refractivity contribution in [2.75, 3.05) is 0 Å². The molecule has 0 amide bonds. The van der Waals surface area contributed by atoms with Gasteiger partial charge in [0.05, 0.1) is 12.5 Å². The maximum atomic E-state index is 5.06. The summed E-state index contributed by atoms with van der Waals surface area (Å²) < 4.78 is 6.13. The molecule has 0 spiro atoms. The molecule has 0 aliphatic heterocycles. The van der Waals surface area contributed by atoms with E-state index in [4.69, 9.17) is 4.42 Å². The van der Waals surface area contributed by atoms with Crippen LogP contribution in [0.4, 0.5) is 0 Å². The van der Waals surface area contributed by atoms with Gasteiger partial charge in [-0.15, -0.1) is 0 Å². The smallest absolute Gasteiger partial charge is 0.0983 e. The summed E-state index contributed by atoms with van der Waals surface area (Å²) >= 11 is 3.39. The van der Waals surface area contributed by atoms with E-state index >= 15 is 0 Å². The molecule has 1 aromatic carbocycles. The van der Waals surface area contributed by atoms with Crippen LogP contribution in [0.5, 0.6) is 0 Å². The lowest BCUT2D eigenvalue weighted by molar-refractivity contribution is 0.567. The van der Waals surface area contributed by atoms with E-state index in [-0.39, 0.29) is 0 Å². The molecule has 0 saturated heterocycles. The molecule has 0 aliphatic carbocycles. The van der Waals surface area contributed by atoms with Crippen molar-refractivity contribution in [3.63, 3.8) is 0 Å². The van der Waals surface area contributed by atoms with Gasteiger partial charge in [0.15, 0.2) is 0 Å². The SMILES string of the molecule is [CH2]c1cocc1-c1ccc(Br)cc1. The Morgan fingerprint density at radius 2 is 1.77 bits per heavy atom. The summed E-state index contributed by atoms with van der Waals surface area (Å²) in [7, 11) is 0. The lowest BCUT2D eigenvalue weighted by Gasteiger charge is -1.98.